The van der Waals surface area contributed by atoms with Crippen LogP contribution in [0.3, 0.4) is 0 Å². The van der Waals surface area contributed by atoms with Gasteiger partial charge in [0.2, 0.25) is 0 Å². The summed E-state index contributed by atoms with van der Waals surface area (Å²) in [6.45, 7) is 6.36. The molecule has 1 aromatic carbocycles. The number of hydrogen-bond donors (Lipinski definition) is 3. The Morgan fingerprint density at radius 3 is 2.31 bits per heavy atom. The van der Waals surface area contributed by atoms with Crippen molar-refractivity contribution in [3.05, 3.63) is 60.4 Å². The lowest BCUT2D eigenvalue weighted by Gasteiger charge is -2.22. The standard InChI is InChI=1S/C21H29N3O4S/c1-4-21(2,3)12-11-17(15-19(20(25)26)23-29(22,27)28)16-7-9-18(10-8-16)24-13-5-6-14-24/h5-11,13-14,19,23H,4,12,15H2,1-3H3,(H,25,26)(H2,22,27,28). The third-order valence-electron chi connectivity index (χ3n) is 5.03. The smallest absolute Gasteiger partial charge is 0.322 e. The van der Waals surface area contributed by atoms with Crippen LogP contribution in [-0.4, -0.2) is 30.1 Å². The van der Waals surface area contributed by atoms with Crippen LogP contribution in [0.5, 0.6) is 0 Å². The first-order valence-corrected chi connectivity index (χ1v) is 11.0. The van der Waals surface area contributed by atoms with Crippen molar-refractivity contribution in [2.75, 3.05) is 0 Å². The molecule has 0 aliphatic heterocycles. The molecule has 158 valence electrons. The van der Waals surface area contributed by atoms with Crippen molar-refractivity contribution in [2.24, 2.45) is 10.6 Å². The van der Waals surface area contributed by atoms with Gasteiger partial charge in [-0.15, -0.1) is 0 Å². The van der Waals surface area contributed by atoms with Crippen LogP contribution in [0.4, 0.5) is 0 Å². The molecule has 1 atom stereocenters. The summed E-state index contributed by atoms with van der Waals surface area (Å²) in [5, 5.41) is 14.5. The lowest BCUT2D eigenvalue weighted by atomic mass is 9.84. The van der Waals surface area contributed by atoms with E-state index in [1.807, 2.05) is 64.2 Å². The Morgan fingerprint density at radius 1 is 1.24 bits per heavy atom. The molecule has 2 aromatic rings. The van der Waals surface area contributed by atoms with Crippen LogP contribution < -0.4 is 9.86 Å². The van der Waals surface area contributed by atoms with Gasteiger partial charge in [-0.05, 0) is 53.7 Å². The molecule has 0 aliphatic rings. The molecule has 7 nitrogen and oxygen atoms in total. The van der Waals surface area contributed by atoms with Crippen molar-refractivity contribution in [1.29, 1.82) is 0 Å². The third kappa shape index (κ3) is 7.16. The monoisotopic (exact) mass is 419 g/mol. The van der Waals surface area contributed by atoms with Crippen molar-refractivity contribution in [1.82, 2.24) is 9.29 Å². The van der Waals surface area contributed by atoms with E-state index >= 15 is 0 Å². The second kappa shape index (κ2) is 9.39. The Balaban J connectivity index is 2.36. The first-order valence-electron chi connectivity index (χ1n) is 9.46. The van der Waals surface area contributed by atoms with Gasteiger partial charge in [-0.3, -0.25) is 4.79 Å². The molecule has 29 heavy (non-hydrogen) atoms. The highest BCUT2D eigenvalue weighted by atomic mass is 32.2. The number of aliphatic carboxylic acids is 1. The van der Waals surface area contributed by atoms with E-state index in [4.69, 9.17) is 5.14 Å². The van der Waals surface area contributed by atoms with Crippen molar-refractivity contribution in [2.45, 2.75) is 46.1 Å². The second-order valence-electron chi connectivity index (χ2n) is 7.85. The van der Waals surface area contributed by atoms with Crippen molar-refractivity contribution in [3.8, 4) is 5.69 Å². The van der Waals surface area contributed by atoms with Crippen LogP contribution >= 0.6 is 0 Å². The molecule has 0 saturated heterocycles. The van der Waals surface area contributed by atoms with Gasteiger partial charge in [0.25, 0.3) is 10.2 Å². The van der Waals surface area contributed by atoms with E-state index in [2.05, 4.69) is 20.8 Å². The van der Waals surface area contributed by atoms with E-state index in [9.17, 15) is 18.3 Å². The van der Waals surface area contributed by atoms with E-state index in [-0.39, 0.29) is 11.8 Å². The number of carbonyl (C=O) groups is 1. The summed E-state index contributed by atoms with van der Waals surface area (Å²) in [6, 6.07) is 10.2. The number of nitrogens with zero attached hydrogens (tertiary/aromatic N) is 1. The molecule has 0 bridgehead atoms. The summed E-state index contributed by atoms with van der Waals surface area (Å²) in [6.07, 6.45) is 7.56. The average molecular weight is 420 g/mol. The number of allylic oxidation sites excluding steroid dienone is 1. The number of carboxylic acids is 1. The van der Waals surface area contributed by atoms with Gasteiger partial charge in [0.05, 0.1) is 0 Å². The lowest BCUT2D eigenvalue weighted by molar-refractivity contribution is -0.138. The summed E-state index contributed by atoms with van der Waals surface area (Å²) in [5.41, 5.74) is 2.62. The largest absolute Gasteiger partial charge is 0.480 e. The fraction of sp³-hybridized carbons (Fsp3) is 0.381. The maximum absolute atomic E-state index is 11.6. The number of hydrogen-bond acceptors (Lipinski definition) is 3. The summed E-state index contributed by atoms with van der Waals surface area (Å²) < 4.78 is 26.7. The average Bonchev–Trinajstić information content (AvgIpc) is 3.18. The third-order valence-corrected chi connectivity index (χ3v) is 5.64. The zero-order valence-electron chi connectivity index (χ0n) is 17.0. The number of nitrogens with one attached hydrogen (secondary N) is 1. The van der Waals surface area contributed by atoms with Crippen molar-refractivity contribution < 1.29 is 18.3 Å². The summed E-state index contributed by atoms with van der Waals surface area (Å²) in [7, 11) is -4.14. The molecule has 2 rings (SSSR count). The van der Waals surface area contributed by atoms with Gasteiger partial charge < -0.3 is 9.67 Å². The lowest BCUT2D eigenvalue weighted by Crippen LogP contribution is -2.44. The number of nitrogens with two attached hydrogens (primary N) is 1. The highest BCUT2D eigenvalue weighted by molar-refractivity contribution is 7.87. The minimum atomic E-state index is -4.14. The predicted octanol–water partition coefficient (Wildman–Crippen LogP) is 3.32. The zero-order valence-corrected chi connectivity index (χ0v) is 17.8. The first-order chi connectivity index (χ1) is 13.5. The Kier molecular flexibility index (Phi) is 7.40. The summed E-state index contributed by atoms with van der Waals surface area (Å²) in [4.78, 5) is 11.6. The van der Waals surface area contributed by atoms with Gasteiger partial charge in [-0.25, -0.2) is 5.14 Å². The maximum atomic E-state index is 11.6. The van der Waals surface area contributed by atoms with Crippen LogP contribution in [0.2, 0.25) is 0 Å². The number of benzene rings is 1. The minimum Gasteiger partial charge on any atom is -0.480 e. The van der Waals surface area contributed by atoms with Gasteiger partial charge >= 0.3 is 5.97 Å². The highest BCUT2D eigenvalue weighted by Crippen LogP contribution is 2.29. The van der Waals surface area contributed by atoms with Gasteiger partial charge in [-0.1, -0.05) is 45.4 Å². The van der Waals surface area contributed by atoms with E-state index in [0.29, 0.717) is 0 Å². The van der Waals surface area contributed by atoms with Gasteiger partial charge in [0, 0.05) is 18.1 Å². The van der Waals surface area contributed by atoms with E-state index < -0.39 is 22.2 Å². The number of carboxylic acid groups (broad SMARTS) is 1. The number of rotatable bonds is 10. The van der Waals surface area contributed by atoms with Crippen LogP contribution in [-0.2, 0) is 15.0 Å². The molecule has 0 spiro atoms. The van der Waals surface area contributed by atoms with Gasteiger partial charge in [-0.2, -0.15) is 13.1 Å². The molecule has 4 N–H and O–H groups in total. The summed E-state index contributed by atoms with van der Waals surface area (Å²) >= 11 is 0. The summed E-state index contributed by atoms with van der Waals surface area (Å²) in [5.74, 6) is -1.27. The van der Waals surface area contributed by atoms with Crippen LogP contribution in [0.15, 0.2) is 54.9 Å². The molecule has 1 aromatic heterocycles. The van der Waals surface area contributed by atoms with Crippen LogP contribution in [0.1, 0.15) is 45.6 Å². The van der Waals surface area contributed by atoms with E-state index in [0.717, 1.165) is 29.7 Å². The molecule has 0 amide bonds. The zero-order chi connectivity index (χ0) is 21.7. The molecule has 8 heteroatoms. The minimum absolute atomic E-state index is 0.00553. The second-order valence-corrected chi connectivity index (χ2v) is 9.17. The van der Waals surface area contributed by atoms with Crippen LogP contribution in [0.25, 0.3) is 11.3 Å². The molecular weight excluding hydrogens is 390 g/mol. The van der Waals surface area contributed by atoms with Gasteiger partial charge in [0.1, 0.15) is 6.04 Å². The SMILES string of the molecule is CCC(C)(C)CC=C(CC(NS(N)(=O)=O)C(=O)O)c1ccc(-n2cccc2)cc1. The highest BCUT2D eigenvalue weighted by Gasteiger charge is 2.24. The molecule has 1 unspecified atom stereocenters. The topological polar surface area (TPSA) is 114 Å². The fourth-order valence-corrected chi connectivity index (χ4v) is 3.40. The normalized spacial score (nSPS) is 14.0. The molecule has 0 fully saturated rings. The van der Waals surface area contributed by atoms with Crippen LogP contribution in [0, 0.1) is 5.41 Å². The Bertz CT molecular complexity index is 946. The first kappa shape index (κ1) is 22.9. The molecule has 0 saturated carbocycles. The van der Waals surface area contributed by atoms with Crippen molar-refractivity contribution in [3.63, 3.8) is 0 Å². The molecule has 0 aliphatic carbocycles. The molecule has 0 radical (unpaired) electrons. The number of aromatic nitrogens is 1. The fourth-order valence-electron chi connectivity index (χ4n) is 2.81. The van der Waals surface area contributed by atoms with E-state index in [1.165, 1.54) is 0 Å². The Hall–Kier alpha value is -2.42. The molecular formula is C21H29N3O4S. The maximum Gasteiger partial charge on any atom is 0.322 e. The Morgan fingerprint density at radius 2 is 1.83 bits per heavy atom. The molecule has 1 heterocycles. The Labute approximate surface area is 172 Å². The quantitative estimate of drug-likeness (QED) is 0.548. The van der Waals surface area contributed by atoms with Crippen molar-refractivity contribution >= 4 is 21.8 Å². The predicted molar refractivity (Wildman–Crippen MR) is 115 cm³/mol. The van der Waals surface area contributed by atoms with E-state index in [1.54, 1.807) is 0 Å². The van der Waals surface area contributed by atoms with Gasteiger partial charge in [0.15, 0.2) is 0 Å².